The summed E-state index contributed by atoms with van der Waals surface area (Å²) in [6.07, 6.45) is 3.13. The van der Waals surface area contributed by atoms with Crippen LogP contribution in [0.15, 0.2) is 18.3 Å². The summed E-state index contributed by atoms with van der Waals surface area (Å²) in [5.74, 6) is -0.529. The summed E-state index contributed by atoms with van der Waals surface area (Å²) in [6.45, 7) is 4.95. The molecule has 3 heterocycles. The van der Waals surface area contributed by atoms with Gasteiger partial charge in [-0.25, -0.2) is 4.79 Å². The Morgan fingerprint density at radius 2 is 2.04 bits per heavy atom. The molecule has 8 heteroatoms. The Labute approximate surface area is 158 Å². The fourth-order valence-corrected chi connectivity index (χ4v) is 3.58. The van der Waals surface area contributed by atoms with E-state index >= 15 is 0 Å². The number of hydrogen-bond acceptors (Lipinski definition) is 5. The molecule has 0 unspecified atom stereocenters. The smallest absolute Gasteiger partial charge is 0.324 e. The van der Waals surface area contributed by atoms with Crippen LogP contribution in [0.4, 0.5) is 4.79 Å². The third-order valence-electron chi connectivity index (χ3n) is 5.26. The highest BCUT2D eigenvalue weighted by molar-refractivity contribution is 6.05. The number of aliphatic hydroxyl groups is 1. The van der Waals surface area contributed by atoms with Gasteiger partial charge in [-0.1, -0.05) is 13.0 Å². The van der Waals surface area contributed by atoms with Crippen LogP contribution in [0.25, 0.3) is 0 Å². The lowest BCUT2D eigenvalue weighted by atomic mass is 9.87. The van der Waals surface area contributed by atoms with Gasteiger partial charge in [-0.15, -0.1) is 0 Å². The average molecular weight is 374 g/mol. The minimum absolute atomic E-state index is 0.0496. The largest absolute Gasteiger partial charge is 0.383 e. The van der Waals surface area contributed by atoms with Crippen LogP contribution >= 0.6 is 0 Å². The van der Waals surface area contributed by atoms with E-state index in [2.05, 4.69) is 10.3 Å². The third-order valence-corrected chi connectivity index (χ3v) is 5.26. The van der Waals surface area contributed by atoms with Crippen LogP contribution in [0.3, 0.4) is 0 Å². The molecule has 0 aliphatic carbocycles. The molecule has 8 nitrogen and oxygen atoms in total. The number of nitrogens with zero attached hydrogens (tertiary/aromatic N) is 3. The normalized spacial score (nSPS) is 22.1. The third kappa shape index (κ3) is 3.95. The van der Waals surface area contributed by atoms with Gasteiger partial charge in [0, 0.05) is 25.8 Å². The first-order valence-corrected chi connectivity index (χ1v) is 9.39. The van der Waals surface area contributed by atoms with Crippen LogP contribution in [0.5, 0.6) is 0 Å². The van der Waals surface area contributed by atoms with Crippen molar-refractivity contribution in [1.29, 1.82) is 0 Å². The Morgan fingerprint density at radius 1 is 1.33 bits per heavy atom. The van der Waals surface area contributed by atoms with Crippen molar-refractivity contribution in [2.75, 3.05) is 19.6 Å². The number of hydrogen-bond donors (Lipinski definition) is 2. The number of piperidine rings is 1. The summed E-state index contributed by atoms with van der Waals surface area (Å²) in [5, 5.41) is 13.5. The summed E-state index contributed by atoms with van der Waals surface area (Å²) in [4.78, 5) is 43.8. The van der Waals surface area contributed by atoms with Crippen LogP contribution in [0, 0.1) is 6.92 Å². The molecular formula is C19H26N4O4. The monoisotopic (exact) mass is 374 g/mol. The Kier molecular flexibility index (Phi) is 5.46. The molecule has 4 amide bonds. The average Bonchev–Trinajstić information content (AvgIpc) is 2.90. The predicted octanol–water partition coefficient (Wildman–Crippen LogP) is 0.921. The summed E-state index contributed by atoms with van der Waals surface area (Å²) < 4.78 is 0. The second-order valence-electron chi connectivity index (χ2n) is 7.33. The van der Waals surface area contributed by atoms with Crippen LogP contribution in [-0.4, -0.2) is 63.4 Å². The number of likely N-dealkylation sites (tertiary alicyclic amines) is 1. The summed E-state index contributed by atoms with van der Waals surface area (Å²) in [6, 6.07) is 2.50. The second kappa shape index (κ2) is 7.64. The first-order valence-electron chi connectivity index (χ1n) is 9.39. The van der Waals surface area contributed by atoms with Crippen LogP contribution < -0.4 is 5.32 Å². The maximum absolute atomic E-state index is 12.6. The number of urea groups is 1. The van der Waals surface area contributed by atoms with E-state index in [4.69, 9.17) is 0 Å². The molecule has 0 radical (unpaired) electrons. The van der Waals surface area contributed by atoms with Gasteiger partial charge in [0.15, 0.2) is 0 Å². The molecule has 2 aliphatic rings. The van der Waals surface area contributed by atoms with E-state index in [1.54, 1.807) is 11.1 Å². The van der Waals surface area contributed by atoms with E-state index in [0.717, 1.165) is 10.5 Å². The summed E-state index contributed by atoms with van der Waals surface area (Å²) in [7, 11) is 0. The highest BCUT2D eigenvalue weighted by atomic mass is 16.3. The van der Waals surface area contributed by atoms with Gasteiger partial charge in [0.25, 0.3) is 5.91 Å². The first kappa shape index (κ1) is 19.3. The van der Waals surface area contributed by atoms with Crippen molar-refractivity contribution >= 4 is 17.8 Å². The molecule has 2 fully saturated rings. The molecule has 1 atom stereocenters. The Balaban J connectivity index is 1.57. The number of amides is 4. The standard InChI is InChI=1S/C19H26N4O4/c1-3-8-23-17(25)14(21-18(23)26)11-16(24)22-9-6-19(27,7-10-22)15-5-4-13(2)12-20-15/h4-5,12,14,27H,3,6-11H2,1-2H3,(H,21,26)/t14-/m1/s1. The molecule has 1 aromatic rings. The topological polar surface area (TPSA) is 103 Å². The van der Waals surface area contributed by atoms with Gasteiger partial charge in [-0.3, -0.25) is 19.5 Å². The Hall–Kier alpha value is -2.48. The molecule has 0 bridgehead atoms. The second-order valence-corrected chi connectivity index (χ2v) is 7.33. The van der Waals surface area contributed by atoms with Crippen molar-refractivity contribution in [2.24, 2.45) is 0 Å². The molecule has 146 valence electrons. The lowest BCUT2D eigenvalue weighted by Gasteiger charge is -2.38. The van der Waals surface area contributed by atoms with Gasteiger partial charge in [-0.05, 0) is 37.8 Å². The first-order chi connectivity index (χ1) is 12.8. The maximum atomic E-state index is 12.6. The molecule has 1 aromatic heterocycles. The lowest BCUT2D eigenvalue weighted by molar-refractivity contribution is -0.139. The van der Waals surface area contributed by atoms with Gasteiger partial charge in [-0.2, -0.15) is 0 Å². The number of carbonyl (C=O) groups is 3. The highest BCUT2D eigenvalue weighted by Gasteiger charge is 2.41. The number of pyridine rings is 1. The molecule has 2 N–H and O–H groups in total. The van der Waals surface area contributed by atoms with Crippen LogP contribution in [0.1, 0.15) is 43.9 Å². The van der Waals surface area contributed by atoms with Gasteiger partial charge >= 0.3 is 6.03 Å². The van der Waals surface area contributed by atoms with Crippen molar-refractivity contribution in [3.05, 3.63) is 29.6 Å². The fraction of sp³-hybridized carbons (Fsp3) is 0.579. The number of rotatable bonds is 5. The molecular weight excluding hydrogens is 348 g/mol. The zero-order valence-corrected chi connectivity index (χ0v) is 15.8. The number of aryl methyl sites for hydroxylation is 1. The highest BCUT2D eigenvalue weighted by Crippen LogP contribution is 2.32. The van der Waals surface area contributed by atoms with Crippen molar-refractivity contribution in [3.63, 3.8) is 0 Å². The Morgan fingerprint density at radius 3 is 2.63 bits per heavy atom. The van der Waals surface area contributed by atoms with E-state index in [-0.39, 0.29) is 18.2 Å². The van der Waals surface area contributed by atoms with Crippen LogP contribution in [-0.2, 0) is 15.2 Å². The minimum atomic E-state index is -1.04. The van der Waals surface area contributed by atoms with E-state index in [0.29, 0.717) is 44.6 Å². The number of aromatic nitrogens is 1. The van der Waals surface area contributed by atoms with Crippen LogP contribution in [0.2, 0.25) is 0 Å². The molecule has 0 saturated carbocycles. The fourth-order valence-electron chi connectivity index (χ4n) is 3.58. The van der Waals surface area contributed by atoms with Crippen molar-refractivity contribution in [1.82, 2.24) is 20.1 Å². The van der Waals surface area contributed by atoms with Crippen molar-refractivity contribution < 1.29 is 19.5 Å². The number of imide groups is 1. The zero-order valence-electron chi connectivity index (χ0n) is 15.8. The molecule has 0 aromatic carbocycles. The van der Waals surface area contributed by atoms with Gasteiger partial charge in [0.2, 0.25) is 5.91 Å². The molecule has 27 heavy (non-hydrogen) atoms. The predicted molar refractivity (Wildman–Crippen MR) is 97.6 cm³/mol. The van der Waals surface area contributed by atoms with E-state index in [1.165, 1.54) is 0 Å². The molecule has 0 spiro atoms. The SMILES string of the molecule is CCCN1C(=O)N[C@H](CC(=O)N2CCC(O)(c3ccc(C)cn3)CC2)C1=O. The Bertz CT molecular complexity index is 726. The lowest BCUT2D eigenvalue weighted by Crippen LogP contribution is -2.47. The quantitative estimate of drug-likeness (QED) is 0.746. The summed E-state index contributed by atoms with van der Waals surface area (Å²) in [5.41, 5.74) is 0.601. The number of carbonyl (C=O) groups excluding carboxylic acids is 3. The zero-order chi connectivity index (χ0) is 19.6. The molecule has 3 rings (SSSR count). The number of nitrogens with one attached hydrogen (secondary N) is 1. The van der Waals surface area contributed by atoms with Gasteiger partial charge in [0.05, 0.1) is 12.1 Å². The maximum Gasteiger partial charge on any atom is 0.324 e. The van der Waals surface area contributed by atoms with Gasteiger partial charge in [0.1, 0.15) is 11.6 Å². The molecule has 2 aliphatic heterocycles. The van der Waals surface area contributed by atoms with E-state index in [9.17, 15) is 19.5 Å². The van der Waals surface area contributed by atoms with E-state index < -0.39 is 17.7 Å². The van der Waals surface area contributed by atoms with Crippen molar-refractivity contribution in [2.45, 2.75) is 51.2 Å². The van der Waals surface area contributed by atoms with Crippen molar-refractivity contribution in [3.8, 4) is 0 Å². The minimum Gasteiger partial charge on any atom is -0.383 e. The van der Waals surface area contributed by atoms with E-state index in [1.807, 2.05) is 26.0 Å². The summed E-state index contributed by atoms with van der Waals surface area (Å²) >= 11 is 0. The molecule has 2 saturated heterocycles. The van der Waals surface area contributed by atoms with Gasteiger partial charge < -0.3 is 15.3 Å².